The quantitative estimate of drug-likeness (QED) is 0.887. The fourth-order valence-electron chi connectivity index (χ4n) is 2.66. The van der Waals surface area contributed by atoms with Gasteiger partial charge in [0.15, 0.2) is 0 Å². The highest BCUT2D eigenvalue weighted by atomic mass is 32.1. The molecule has 0 radical (unpaired) electrons. The summed E-state index contributed by atoms with van der Waals surface area (Å²) in [4.78, 5) is 15.8. The number of hydrogen-bond donors (Lipinski definition) is 2. The normalized spacial score (nSPS) is 15.6. The average molecular weight is 320 g/mol. The largest absolute Gasteiger partial charge is 0.336 e. The zero-order chi connectivity index (χ0) is 15.2. The first kappa shape index (κ1) is 15.0. The summed E-state index contributed by atoms with van der Waals surface area (Å²) in [5.74, 6) is 0.520. The number of carbonyl (C=O) groups excluding carboxylic acids is 1. The van der Waals surface area contributed by atoms with Gasteiger partial charge in [0, 0.05) is 31.4 Å². The predicted octanol–water partition coefficient (Wildman–Crippen LogP) is 2.60. The fourth-order valence-corrected chi connectivity index (χ4v) is 3.57. The van der Waals surface area contributed by atoms with E-state index in [1.807, 2.05) is 10.8 Å². The molecular weight excluding hydrogens is 300 g/mol. The van der Waals surface area contributed by atoms with Crippen LogP contribution in [0.3, 0.4) is 0 Å². The van der Waals surface area contributed by atoms with Crippen LogP contribution < -0.4 is 10.6 Å². The Morgan fingerprint density at radius 2 is 2.18 bits per heavy atom. The minimum atomic E-state index is -0.244. The molecular formula is C14H20N6OS. The molecule has 0 unspecified atom stereocenters. The number of carbonyl (C=O) groups is 1. The Kier molecular flexibility index (Phi) is 4.99. The molecule has 8 heteroatoms. The number of amides is 2. The highest BCUT2D eigenvalue weighted by molar-refractivity contribution is 7.15. The van der Waals surface area contributed by atoms with Crippen LogP contribution in [0.2, 0.25) is 0 Å². The first-order valence-corrected chi connectivity index (χ1v) is 8.47. The summed E-state index contributed by atoms with van der Waals surface area (Å²) in [5.41, 5.74) is 0. The maximum absolute atomic E-state index is 11.8. The molecule has 2 N–H and O–H groups in total. The van der Waals surface area contributed by atoms with Crippen LogP contribution in [0, 0.1) is 0 Å². The SMILES string of the molecule is O=C(NCCn1ccnc1)Nc1nnc(C2CCCCC2)s1. The molecule has 0 saturated heterocycles. The van der Waals surface area contributed by atoms with Gasteiger partial charge in [-0.25, -0.2) is 9.78 Å². The Labute approximate surface area is 133 Å². The minimum Gasteiger partial charge on any atom is -0.336 e. The van der Waals surface area contributed by atoms with Crippen molar-refractivity contribution in [2.75, 3.05) is 11.9 Å². The molecule has 22 heavy (non-hydrogen) atoms. The van der Waals surface area contributed by atoms with Gasteiger partial charge in [0.25, 0.3) is 0 Å². The van der Waals surface area contributed by atoms with Crippen molar-refractivity contribution in [3.63, 3.8) is 0 Å². The van der Waals surface area contributed by atoms with Crippen LogP contribution in [0.1, 0.15) is 43.0 Å². The van der Waals surface area contributed by atoms with Crippen molar-refractivity contribution < 1.29 is 4.79 Å². The van der Waals surface area contributed by atoms with E-state index in [-0.39, 0.29) is 6.03 Å². The zero-order valence-electron chi connectivity index (χ0n) is 12.4. The van der Waals surface area contributed by atoms with Crippen LogP contribution in [0.25, 0.3) is 0 Å². The van der Waals surface area contributed by atoms with Crippen molar-refractivity contribution >= 4 is 22.5 Å². The maximum atomic E-state index is 11.8. The summed E-state index contributed by atoms with van der Waals surface area (Å²) in [5, 5.41) is 15.5. The molecule has 1 aliphatic carbocycles. The number of rotatable bonds is 5. The number of urea groups is 1. The molecule has 1 saturated carbocycles. The average Bonchev–Trinajstić information content (AvgIpc) is 3.20. The predicted molar refractivity (Wildman–Crippen MR) is 85.0 cm³/mol. The van der Waals surface area contributed by atoms with Gasteiger partial charge in [0.2, 0.25) is 5.13 Å². The maximum Gasteiger partial charge on any atom is 0.321 e. The summed E-state index contributed by atoms with van der Waals surface area (Å²) >= 11 is 1.49. The van der Waals surface area contributed by atoms with E-state index in [0.717, 1.165) is 5.01 Å². The van der Waals surface area contributed by atoms with Crippen molar-refractivity contribution in [1.29, 1.82) is 0 Å². The van der Waals surface area contributed by atoms with Gasteiger partial charge in [0.1, 0.15) is 5.01 Å². The van der Waals surface area contributed by atoms with E-state index in [1.165, 1.54) is 43.4 Å². The van der Waals surface area contributed by atoms with Crippen LogP contribution in [-0.2, 0) is 6.54 Å². The number of hydrogen-bond acceptors (Lipinski definition) is 5. The van der Waals surface area contributed by atoms with Crippen LogP contribution in [0.5, 0.6) is 0 Å². The summed E-state index contributed by atoms with van der Waals surface area (Å²) in [6.45, 7) is 1.23. The van der Waals surface area contributed by atoms with Gasteiger partial charge in [-0.15, -0.1) is 10.2 Å². The monoisotopic (exact) mass is 320 g/mol. The number of anilines is 1. The van der Waals surface area contributed by atoms with E-state index in [2.05, 4.69) is 25.8 Å². The molecule has 0 aliphatic heterocycles. The molecule has 7 nitrogen and oxygen atoms in total. The summed E-state index contributed by atoms with van der Waals surface area (Å²) in [6.07, 6.45) is 11.5. The van der Waals surface area contributed by atoms with Crippen molar-refractivity contribution in [2.45, 2.75) is 44.6 Å². The Morgan fingerprint density at radius 1 is 1.32 bits per heavy atom. The first-order chi connectivity index (χ1) is 10.8. The Bertz CT molecular complexity index is 590. The lowest BCUT2D eigenvalue weighted by Crippen LogP contribution is -2.31. The second-order valence-electron chi connectivity index (χ2n) is 5.46. The third-order valence-electron chi connectivity index (χ3n) is 3.83. The zero-order valence-corrected chi connectivity index (χ0v) is 13.2. The van der Waals surface area contributed by atoms with E-state index in [4.69, 9.17) is 0 Å². The van der Waals surface area contributed by atoms with E-state index in [9.17, 15) is 4.79 Å². The second-order valence-corrected chi connectivity index (χ2v) is 6.47. The van der Waals surface area contributed by atoms with Gasteiger partial charge in [0.05, 0.1) is 6.33 Å². The third kappa shape index (κ3) is 4.03. The van der Waals surface area contributed by atoms with Gasteiger partial charge in [-0.3, -0.25) is 5.32 Å². The molecule has 1 aliphatic rings. The van der Waals surface area contributed by atoms with Crippen molar-refractivity contribution in [1.82, 2.24) is 25.1 Å². The number of nitrogens with one attached hydrogen (secondary N) is 2. The third-order valence-corrected chi connectivity index (χ3v) is 4.83. The molecule has 0 atom stereocenters. The van der Waals surface area contributed by atoms with Gasteiger partial charge in [-0.1, -0.05) is 30.6 Å². The van der Waals surface area contributed by atoms with Gasteiger partial charge in [-0.05, 0) is 12.8 Å². The molecule has 0 bridgehead atoms. The molecule has 3 rings (SSSR count). The molecule has 0 aromatic carbocycles. The molecule has 2 aromatic heterocycles. The topological polar surface area (TPSA) is 84.7 Å². The summed E-state index contributed by atoms with van der Waals surface area (Å²) in [6, 6.07) is -0.244. The van der Waals surface area contributed by atoms with Crippen LogP contribution >= 0.6 is 11.3 Å². The lowest BCUT2D eigenvalue weighted by Gasteiger charge is -2.18. The number of nitrogens with zero attached hydrogens (tertiary/aromatic N) is 4. The molecule has 0 spiro atoms. The Hall–Kier alpha value is -1.96. The molecule has 118 valence electrons. The smallest absolute Gasteiger partial charge is 0.321 e. The van der Waals surface area contributed by atoms with E-state index in [0.29, 0.717) is 24.1 Å². The van der Waals surface area contributed by atoms with Crippen LogP contribution in [-0.4, -0.2) is 32.3 Å². The standard InChI is InChI=1S/C14H20N6OS/c21-13(16-7-9-20-8-6-15-10-20)17-14-19-18-12(22-14)11-4-2-1-3-5-11/h6,8,10-11H,1-5,7,9H2,(H2,16,17,19,21). The molecule has 2 heterocycles. The van der Waals surface area contributed by atoms with E-state index >= 15 is 0 Å². The molecule has 2 amide bonds. The second kappa shape index (κ2) is 7.35. The lowest BCUT2D eigenvalue weighted by atomic mass is 9.90. The fraction of sp³-hybridized carbons (Fsp3) is 0.571. The Morgan fingerprint density at radius 3 is 2.95 bits per heavy atom. The number of aromatic nitrogens is 4. The highest BCUT2D eigenvalue weighted by Crippen LogP contribution is 2.34. The van der Waals surface area contributed by atoms with E-state index < -0.39 is 0 Å². The van der Waals surface area contributed by atoms with Crippen molar-refractivity contribution in [3.05, 3.63) is 23.7 Å². The van der Waals surface area contributed by atoms with Crippen LogP contribution in [0.15, 0.2) is 18.7 Å². The van der Waals surface area contributed by atoms with Crippen LogP contribution in [0.4, 0.5) is 9.93 Å². The molecule has 2 aromatic rings. The Balaban J connectivity index is 1.44. The van der Waals surface area contributed by atoms with E-state index in [1.54, 1.807) is 12.5 Å². The number of imidazole rings is 1. The van der Waals surface area contributed by atoms with Crippen molar-refractivity contribution in [2.24, 2.45) is 0 Å². The minimum absolute atomic E-state index is 0.244. The summed E-state index contributed by atoms with van der Waals surface area (Å²) < 4.78 is 1.91. The molecule has 1 fully saturated rings. The lowest BCUT2D eigenvalue weighted by molar-refractivity contribution is 0.251. The summed E-state index contributed by atoms with van der Waals surface area (Å²) in [7, 11) is 0. The van der Waals surface area contributed by atoms with Gasteiger partial charge in [-0.2, -0.15) is 0 Å². The van der Waals surface area contributed by atoms with Crippen molar-refractivity contribution in [3.8, 4) is 0 Å². The van der Waals surface area contributed by atoms with Gasteiger partial charge >= 0.3 is 6.03 Å². The van der Waals surface area contributed by atoms with Gasteiger partial charge < -0.3 is 9.88 Å². The first-order valence-electron chi connectivity index (χ1n) is 7.65. The highest BCUT2D eigenvalue weighted by Gasteiger charge is 2.20.